The Hall–Kier alpha value is -1.60. The van der Waals surface area contributed by atoms with Crippen molar-refractivity contribution in [2.45, 2.75) is 43.6 Å². The topological polar surface area (TPSA) is 38.7 Å². The smallest absolute Gasteiger partial charge is 0.235 e. The number of hydrogen-bond acceptors (Lipinski definition) is 3. The fraction of sp³-hybridized carbons (Fsp3) is 0.533. The predicted molar refractivity (Wildman–Crippen MR) is 68.6 cm³/mol. The summed E-state index contributed by atoms with van der Waals surface area (Å²) < 4.78 is 5.49. The van der Waals surface area contributed by atoms with Crippen LogP contribution in [0.25, 0.3) is 0 Å². The van der Waals surface area contributed by atoms with Crippen LogP contribution in [-0.2, 0) is 10.3 Å². The normalized spacial score (nSPS) is 20.7. The summed E-state index contributed by atoms with van der Waals surface area (Å²) in [5.74, 6) is 1.61. The Morgan fingerprint density at radius 2 is 2.17 bits per heavy atom. The highest BCUT2D eigenvalue weighted by molar-refractivity contribution is 5.46. The second kappa shape index (κ2) is 4.25. The quantitative estimate of drug-likeness (QED) is 0.601. The van der Waals surface area contributed by atoms with E-state index in [1.807, 2.05) is 0 Å². The van der Waals surface area contributed by atoms with Gasteiger partial charge in [-0.3, -0.25) is 0 Å². The molecule has 0 unspecified atom stereocenters. The number of hydrogen-bond donors (Lipinski definition) is 0. The van der Waals surface area contributed by atoms with Gasteiger partial charge in [0.2, 0.25) is 6.08 Å². The van der Waals surface area contributed by atoms with Crippen molar-refractivity contribution >= 4 is 6.08 Å². The molecular weight excluding hydrogens is 226 g/mol. The fourth-order valence-corrected chi connectivity index (χ4v) is 2.80. The summed E-state index contributed by atoms with van der Waals surface area (Å²) in [5.41, 5.74) is 2.07. The van der Waals surface area contributed by atoms with E-state index in [1.54, 1.807) is 13.2 Å². The SMILES string of the molecule is COc1cc(C2(N=C=O)CCC2)ccc1C1CC1. The van der Waals surface area contributed by atoms with Gasteiger partial charge in [-0.1, -0.05) is 12.1 Å². The summed E-state index contributed by atoms with van der Waals surface area (Å²) in [4.78, 5) is 14.6. The molecule has 2 aliphatic carbocycles. The fourth-order valence-electron chi connectivity index (χ4n) is 2.80. The Labute approximate surface area is 107 Å². The molecule has 0 bridgehead atoms. The van der Waals surface area contributed by atoms with Gasteiger partial charge in [0.05, 0.1) is 12.6 Å². The molecule has 2 fully saturated rings. The van der Waals surface area contributed by atoms with Crippen LogP contribution >= 0.6 is 0 Å². The zero-order valence-electron chi connectivity index (χ0n) is 10.6. The van der Waals surface area contributed by atoms with Gasteiger partial charge in [0.25, 0.3) is 0 Å². The van der Waals surface area contributed by atoms with Crippen LogP contribution in [0.4, 0.5) is 0 Å². The molecule has 0 N–H and O–H groups in total. The van der Waals surface area contributed by atoms with Gasteiger partial charge in [-0.2, -0.15) is 4.99 Å². The van der Waals surface area contributed by atoms with Crippen LogP contribution in [0.3, 0.4) is 0 Å². The Morgan fingerprint density at radius 3 is 2.67 bits per heavy atom. The maximum absolute atomic E-state index is 10.6. The number of benzene rings is 1. The molecule has 1 aromatic carbocycles. The Kier molecular flexibility index (Phi) is 2.71. The van der Waals surface area contributed by atoms with Gasteiger partial charge < -0.3 is 4.74 Å². The molecule has 0 heterocycles. The van der Waals surface area contributed by atoms with E-state index in [0.29, 0.717) is 5.92 Å². The number of carbonyl (C=O) groups excluding carboxylic acids is 1. The van der Waals surface area contributed by atoms with Crippen molar-refractivity contribution in [2.24, 2.45) is 4.99 Å². The first kappa shape index (κ1) is 11.5. The third-order valence-electron chi connectivity index (χ3n) is 4.23. The maximum atomic E-state index is 10.6. The van der Waals surface area contributed by atoms with Crippen molar-refractivity contribution in [1.82, 2.24) is 0 Å². The standard InChI is InChI=1S/C15H17NO2/c1-18-14-9-12(5-6-13(14)11-3-4-11)15(16-10-17)7-2-8-15/h5-6,9,11H,2-4,7-8H2,1H3. The molecule has 0 aliphatic heterocycles. The van der Waals surface area contributed by atoms with E-state index in [0.717, 1.165) is 30.6 Å². The molecule has 18 heavy (non-hydrogen) atoms. The summed E-state index contributed by atoms with van der Waals surface area (Å²) in [5, 5.41) is 0. The summed E-state index contributed by atoms with van der Waals surface area (Å²) in [7, 11) is 1.71. The van der Waals surface area contributed by atoms with Gasteiger partial charge in [-0.15, -0.1) is 0 Å². The average Bonchev–Trinajstić information content (AvgIpc) is 3.17. The van der Waals surface area contributed by atoms with Crippen LogP contribution in [0.2, 0.25) is 0 Å². The Morgan fingerprint density at radius 1 is 1.39 bits per heavy atom. The minimum Gasteiger partial charge on any atom is -0.496 e. The van der Waals surface area contributed by atoms with E-state index in [2.05, 4.69) is 23.2 Å². The van der Waals surface area contributed by atoms with Crippen molar-refractivity contribution in [3.63, 3.8) is 0 Å². The molecule has 0 saturated heterocycles. The zero-order valence-corrected chi connectivity index (χ0v) is 10.6. The largest absolute Gasteiger partial charge is 0.496 e. The highest BCUT2D eigenvalue weighted by atomic mass is 16.5. The van der Waals surface area contributed by atoms with Crippen molar-refractivity contribution in [1.29, 1.82) is 0 Å². The summed E-state index contributed by atoms with van der Waals surface area (Å²) in [6.45, 7) is 0. The van der Waals surface area contributed by atoms with Crippen molar-refractivity contribution in [3.05, 3.63) is 29.3 Å². The number of isocyanates is 1. The first-order valence-corrected chi connectivity index (χ1v) is 6.56. The van der Waals surface area contributed by atoms with E-state index in [1.165, 1.54) is 18.4 Å². The predicted octanol–water partition coefficient (Wildman–Crippen LogP) is 3.29. The third-order valence-corrected chi connectivity index (χ3v) is 4.23. The van der Waals surface area contributed by atoms with Crippen LogP contribution in [0, 0.1) is 0 Å². The van der Waals surface area contributed by atoms with E-state index in [4.69, 9.17) is 4.74 Å². The van der Waals surface area contributed by atoms with Gasteiger partial charge in [-0.05, 0) is 55.2 Å². The molecule has 3 heteroatoms. The molecule has 94 valence electrons. The summed E-state index contributed by atoms with van der Waals surface area (Å²) in [6, 6.07) is 6.32. The molecule has 0 spiro atoms. The van der Waals surface area contributed by atoms with E-state index < -0.39 is 0 Å². The number of methoxy groups -OCH3 is 1. The lowest BCUT2D eigenvalue weighted by atomic mass is 9.72. The van der Waals surface area contributed by atoms with Crippen LogP contribution in [-0.4, -0.2) is 13.2 Å². The van der Waals surface area contributed by atoms with Gasteiger partial charge in [0.1, 0.15) is 5.75 Å². The minimum atomic E-state index is -0.322. The molecule has 2 aliphatic rings. The van der Waals surface area contributed by atoms with Gasteiger partial charge in [-0.25, -0.2) is 4.79 Å². The maximum Gasteiger partial charge on any atom is 0.235 e. The number of ether oxygens (including phenoxy) is 1. The lowest BCUT2D eigenvalue weighted by Gasteiger charge is -2.37. The second-order valence-electron chi connectivity index (χ2n) is 5.32. The van der Waals surface area contributed by atoms with E-state index in [-0.39, 0.29) is 5.54 Å². The lowest BCUT2D eigenvalue weighted by molar-refractivity contribution is 0.255. The Bertz CT molecular complexity index is 509. The third kappa shape index (κ3) is 1.75. The molecule has 0 atom stereocenters. The van der Waals surface area contributed by atoms with Crippen molar-refractivity contribution in [2.75, 3.05) is 7.11 Å². The van der Waals surface area contributed by atoms with Gasteiger partial charge in [0.15, 0.2) is 0 Å². The molecule has 3 nitrogen and oxygen atoms in total. The number of nitrogens with zero attached hydrogens (tertiary/aromatic N) is 1. The van der Waals surface area contributed by atoms with Crippen LogP contribution in [0.15, 0.2) is 23.2 Å². The zero-order chi connectivity index (χ0) is 12.6. The van der Waals surface area contributed by atoms with Crippen LogP contribution in [0.1, 0.15) is 49.1 Å². The van der Waals surface area contributed by atoms with Gasteiger partial charge in [0, 0.05) is 0 Å². The number of rotatable bonds is 4. The molecular formula is C15H17NO2. The first-order valence-electron chi connectivity index (χ1n) is 6.56. The minimum absolute atomic E-state index is 0.322. The highest BCUT2D eigenvalue weighted by Gasteiger charge is 2.39. The molecule has 3 rings (SSSR count). The lowest BCUT2D eigenvalue weighted by Crippen LogP contribution is -2.31. The molecule has 0 amide bonds. The number of aliphatic imine (C=N–C) groups is 1. The van der Waals surface area contributed by atoms with Gasteiger partial charge >= 0.3 is 0 Å². The highest BCUT2D eigenvalue weighted by Crippen LogP contribution is 2.49. The van der Waals surface area contributed by atoms with E-state index in [9.17, 15) is 4.79 Å². The van der Waals surface area contributed by atoms with Crippen LogP contribution in [0.5, 0.6) is 5.75 Å². The average molecular weight is 243 g/mol. The molecule has 0 radical (unpaired) electrons. The Balaban J connectivity index is 1.99. The first-order chi connectivity index (χ1) is 8.79. The van der Waals surface area contributed by atoms with Crippen LogP contribution < -0.4 is 4.74 Å². The summed E-state index contributed by atoms with van der Waals surface area (Å²) >= 11 is 0. The van der Waals surface area contributed by atoms with Crippen molar-refractivity contribution in [3.8, 4) is 5.75 Å². The monoisotopic (exact) mass is 243 g/mol. The molecule has 1 aromatic rings. The molecule has 0 aromatic heterocycles. The summed E-state index contributed by atoms with van der Waals surface area (Å²) in [6.07, 6.45) is 7.25. The molecule has 2 saturated carbocycles. The van der Waals surface area contributed by atoms with Crippen molar-refractivity contribution < 1.29 is 9.53 Å². The van der Waals surface area contributed by atoms with E-state index >= 15 is 0 Å². The second-order valence-corrected chi connectivity index (χ2v) is 5.32.